The molecule has 0 fully saturated rings. The molecule has 3 aromatic rings. The molecule has 2 aromatic carbocycles. The Balaban J connectivity index is 1.76. The smallest absolute Gasteiger partial charge is 0.315 e. The number of urea groups is 1. The van der Waals surface area contributed by atoms with Crippen molar-refractivity contribution in [3.05, 3.63) is 83.7 Å². The van der Waals surface area contributed by atoms with Crippen LogP contribution < -0.4 is 15.4 Å². The van der Waals surface area contributed by atoms with Crippen LogP contribution in [0.15, 0.2) is 60.9 Å². The molecule has 2 N–H and O–H groups in total. The predicted octanol–water partition coefficient (Wildman–Crippen LogP) is 3.93. The summed E-state index contributed by atoms with van der Waals surface area (Å²) < 4.78 is 20.8. The Morgan fingerprint density at radius 1 is 1.23 bits per heavy atom. The summed E-state index contributed by atoms with van der Waals surface area (Å²) in [5.41, 5.74) is 1.23. The third-order valence-corrected chi connectivity index (χ3v) is 5.12. The summed E-state index contributed by atoms with van der Waals surface area (Å²) in [6.45, 7) is 4.26. The first-order valence-corrected chi connectivity index (χ1v) is 9.72. The molecule has 0 saturated carbocycles. The van der Waals surface area contributed by atoms with Crippen LogP contribution in [0.3, 0.4) is 0 Å². The van der Waals surface area contributed by atoms with Gasteiger partial charge in [-0.3, -0.25) is 0 Å². The molecule has 3 rings (SSSR count). The van der Waals surface area contributed by atoms with Gasteiger partial charge in [-0.15, -0.1) is 0 Å². The summed E-state index contributed by atoms with van der Waals surface area (Å²) in [5.74, 6) is 1.10. The fraction of sp³-hybridized carbons (Fsp3) is 0.304. The van der Waals surface area contributed by atoms with Crippen LogP contribution in [0.5, 0.6) is 5.75 Å². The number of rotatable bonds is 7. The van der Waals surface area contributed by atoms with Gasteiger partial charge in [0.2, 0.25) is 0 Å². The van der Waals surface area contributed by atoms with Gasteiger partial charge in [-0.05, 0) is 35.4 Å². The number of aryl methyl sites for hydroxylation is 1. The second-order valence-electron chi connectivity index (χ2n) is 7.83. The Morgan fingerprint density at radius 2 is 2.00 bits per heavy atom. The van der Waals surface area contributed by atoms with Crippen molar-refractivity contribution in [2.45, 2.75) is 25.3 Å². The van der Waals surface area contributed by atoms with Crippen molar-refractivity contribution < 1.29 is 13.9 Å². The number of ether oxygens (including phenoxy) is 1. The second-order valence-corrected chi connectivity index (χ2v) is 7.83. The Kier molecular flexibility index (Phi) is 6.40. The highest BCUT2D eigenvalue weighted by molar-refractivity contribution is 5.75. The lowest BCUT2D eigenvalue weighted by Crippen LogP contribution is -2.44. The van der Waals surface area contributed by atoms with Crippen LogP contribution in [-0.4, -0.2) is 29.2 Å². The van der Waals surface area contributed by atoms with Gasteiger partial charge in [0.05, 0.1) is 7.11 Å². The third kappa shape index (κ3) is 4.97. The van der Waals surface area contributed by atoms with Crippen LogP contribution in [0.4, 0.5) is 9.18 Å². The summed E-state index contributed by atoms with van der Waals surface area (Å²) in [6, 6.07) is 13.1. The van der Waals surface area contributed by atoms with E-state index in [0.29, 0.717) is 18.1 Å². The molecule has 0 aliphatic rings. The fourth-order valence-electron chi connectivity index (χ4n) is 3.27. The summed E-state index contributed by atoms with van der Waals surface area (Å²) in [6.07, 6.45) is 3.52. The van der Waals surface area contributed by atoms with Gasteiger partial charge in [-0.2, -0.15) is 0 Å². The number of aromatic nitrogens is 2. The number of hydrogen-bond acceptors (Lipinski definition) is 3. The molecule has 0 aliphatic carbocycles. The third-order valence-electron chi connectivity index (χ3n) is 5.12. The van der Waals surface area contributed by atoms with E-state index in [2.05, 4.69) is 15.6 Å². The molecule has 1 atom stereocenters. The van der Waals surface area contributed by atoms with Gasteiger partial charge in [-0.1, -0.05) is 38.1 Å². The van der Waals surface area contributed by atoms with Gasteiger partial charge in [0.15, 0.2) is 0 Å². The molecule has 30 heavy (non-hydrogen) atoms. The molecular weight excluding hydrogens is 383 g/mol. The van der Waals surface area contributed by atoms with Crippen molar-refractivity contribution in [2.24, 2.45) is 7.05 Å². The highest BCUT2D eigenvalue weighted by Crippen LogP contribution is 2.25. The van der Waals surface area contributed by atoms with Gasteiger partial charge in [0.1, 0.15) is 23.4 Å². The van der Waals surface area contributed by atoms with E-state index >= 15 is 0 Å². The van der Waals surface area contributed by atoms with Crippen LogP contribution in [-0.2, 0) is 12.5 Å². The number of carbonyl (C=O) groups is 1. The van der Waals surface area contributed by atoms with Crippen LogP contribution >= 0.6 is 0 Å². The van der Waals surface area contributed by atoms with Gasteiger partial charge >= 0.3 is 6.03 Å². The first-order valence-electron chi connectivity index (χ1n) is 9.72. The quantitative estimate of drug-likeness (QED) is 0.620. The summed E-state index contributed by atoms with van der Waals surface area (Å²) in [4.78, 5) is 17.2. The molecule has 0 radical (unpaired) electrons. The van der Waals surface area contributed by atoms with Crippen molar-refractivity contribution in [1.29, 1.82) is 0 Å². The largest absolute Gasteiger partial charge is 0.497 e. The molecule has 6 nitrogen and oxygen atoms in total. The lowest BCUT2D eigenvalue weighted by molar-refractivity contribution is 0.235. The minimum atomic E-state index is -0.461. The van der Waals surface area contributed by atoms with Crippen molar-refractivity contribution in [3.63, 3.8) is 0 Å². The van der Waals surface area contributed by atoms with E-state index in [0.717, 1.165) is 11.1 Å². The molecule has 0 bridgehead atoms. The number of halogens is 1. The van der Waals surface area contributed by atoms with Gasteiger partial charge in [-0.25, -0.2) is 14.2 Å². The Bertz CT molecular complexity index is 1020. The Hall–Kier alpha value is -3.35. The standard InChI is InChI=1S/C23H27FN4O2/c1-23(2,17-8-6-9-18(24)14-17)15-26-22(29)27-20(21-25-11-12-28(21)3)16-7-5-10-19(13-16)30-4/h5-14,20H,15H2,1-4H3,(H2,26,27,29). The molecule has 2 amide bonds. The molecule has 7 heteroatoms. The molecular formula is C23H27FN4O2. The van der Waals surface area contributed by atoms with Gasteiger partial charge in [0, 0.05) is 31.4 Å². The van der Waals surface area contributed by atoms with E-state index < -0.39 is 11.5 Å². The summed E-state index contributed by atoms with van der Waals surface area (Å²) in [7, 11) is 3.48. The van der Waals surface area contributed by atoms with Crippen LogP contribution in [0.2, 0.25) is 0 Å². The van der Waals surface area contributed by atoms with Gasteiger partial charge < -0.3 is 19.9 Å². The number of hydrogen-bond donors (Lipinski definition) is 2. The Labute approximate surface area is 176 Å². The molecule has 1 aromatic heterocycles. The zero-order valence-electron chi connectivity index (χ0n) is 17.6. The average molecular weight is 410 g/mol. The lowest BCUT2D eigenvalue weighted by Gasteiger charge is -2.27. The number of imidazole rings is 1. The van der Waals surface area contributed by atoms with E-state index in [1.165, 1.54) is 12.1 Å². The van der Waals surface area contributed by atoms with Crippen molar-refractivity contribution in [3.8, 4) is 5.75 Å². The number of nitrogens with one attached hydrogen (secondary N) is 2. The molecule has 1 heterocycles. The zero-order chi connectivity index (χ0) is 21.7. The SMILES string of the molecule is COc1cccc(C(NC(=O)NCC(C)(C)c2cccc(F)c2)c2nccn2C)c1. The van der Waals surface area contributed by atoms with E-state index in [4.69, 9.17) is 4.74 Å². The monoisotopic (exact) mass is 410 g/mol. The van der Waals surface area contributed by atoms with Crippen LogP contribution in [0.25, 0.3) is 0 Å². The van der Waals surface area contributed by atoms with E-state index in [1.807, 2.05) is 62.0 Å². The molecule has 0 saturated heterocycles. The van der Waals surface area contributed by atoms with E-state index in [-0.39, 0.29) is 11.8 Å². The van der Waals surface area contributed by atoms with E-state index in [1.54, 1.807) is 19.4 Å². The molecule has 0 spiro atoms. The molecule has 0 aliphatic heterocycles. The van der Waals surface area contributed by atoms with Gasteiger partial charge in [0.25, 0.3) is 0 Å². The number of amides is 2. The fourth-order valence-corrected chi connectivity index (χ4v) is 3.27. The van der Waals surface area contributed by atoms with Crippen LogP contribution in [0, 0.1) is 5.82 Å². The molecule has 158 valence electrons. The average Bonchev–Trinajstić information content (AvgIpc) is 3.16. The number of methoxy groups -OCH3 is 1. The van der Waals surface area contributed by atoms with E-state index in [9.17, 15) is 9.18 Å². The number of carbonyl (C=O) groups excluding carboxylic acids is 1. The molecule has 1 unspecified atom stereocenters. The normalized spacial score (nSPS) is 12.3. The number of benzene rings is 2. The minimum absolute atomic E-state index is 0.294. The zero-order valence-corrected chi connectivity index (χ0v) is 17.6. The first-order chi connectivity index (χ1) is 14.3. The predicted molar refractivity (Wildman–Crippen MR) is 114 cm³/mol. The highest BCUT2D eigenvalue weighted by Gasteiger charge is 2.25. The maximum atomic E-state index is 13.6. The Morgan fingerprint density at radius 3 is 2.67 bits per heavy atom. The second kappa shape index (κ2) is 8.98. The van der Waals surface area contributed by atoms with Crippen molar-refractivity contribution in [2.75, 3.05) is 13.7 Å². The topological polar surface area (TPSA) is 68.2 Å². The summed E-state index contributed by atoms with van der Waals surface area (Å²) >= 11 is 0. The maximum absolute atomic E-state index is 13.6. The van der Waals surface area contributed by atoms with Crippen molar-refractivity contribution in [1.82, 2.24) is 20.2 Å². The summed E-state index contributed by atoms with van der Waals surface area (Å²) in [5, 5.41) is 5.91. The highest BCUT2D eigenvalue weighted by atomic mass is 19.1. The van der Waals surface area contributed by atoms with Crippen LogP contribution in [0.1, 0.15) is 36.8 Å². The number of nitrogens with zero attached hydrogens (tertiary/aromatic N) is 2. The maximum Gasteiger partial charge on any atom is 0.315 e. The lowest BCUT2D eigenvalue weighted by atomic mass is 9.84. The first kappa shape index (κ1) is 21.4. The van der Waals surface area contributed by atoms with Crippen molar-refractivity contribution >= 4 is 6.03 Å². The minimum Gasteiger partial charge on any atom is -0.497 e.